The van der Waals surface area contributed by atoms with E-state index in [4.69, 9.17) is 13.9 Å². The van der Waals surface area contributed by atoms with E-state index in [0.717, 1.165) is 24.2 Å². The van der Waals surface area contributed by atoms with Crippen LogP contribution in [0, 0.1) is 11.3 Å². The van der Waals surface area contributed by atoms with Crippen molar-refractivity contribution in [3.63, 3.8) is 0 Å². The Morgan fingerprint density at radius 2 is 1.74 bits per heavy atom. The molecule has 0 spiro atoms. The van der Waals surface area contributed by atoms with E-state index in [0.29, 0.717) is 23.7 Å². The molecule has 0 atom stereocenters. The quantitative estimate of drug-likeness (QED) is 0.134. The standard InChI is InChI=1S/C28H26N2O5/c1-2-3-16-33-24-11-6-21(7-12-24)10-15-27(31)35-25-13-8-22(9-14-25)18-23(19-29)28(32)30-20-26-5-4-17-34-26/h4-15,17-18H,2-3,16,20H2,1H3,(H,30,32)/b15-10+,23-18+. The molecule has 3 rings (SSSR count). The summed E-state index contributed by atoms with van der Waals surface area (Å²) < 4.78 is 16.1. The Balaban J connectivity index is 1.52. The number of rotatable bonds is 11. The van der Waals surface area contributed by atoms with Crippen molar-refractivity contribution < 1.29 is 23.5 Å². The lowest BCUT2D eigenvalue weighted by Crippen LogP contribution is -2.23. The second kappa shape index (κ2) is 13.2. The van der Waals surface area contributed by atoms with Crippen LogP contribution in [0.25, 0.3) is 12.2 Å². The van der Waals surface area contributed by atoms with Crippen LogP contribution in [0.15, 0.2) is 83.0 Å². The molecule has 0 aliphatic carbocycles. The molecule has 3 aromatic rings. The van der Waals surface area contributed by atoms with E-state index in [2.05, 4.69) is 12.2 Å². The molecule has 0 aliphatic heterocycles. The first-order valence-corrected chi connectivity index (χ1v) is 11.2. The van der Waals surface area contributed by atoms with Gasteiger partial charge < -0.3 is 19.2 Å². The first-order chi connectivity index (χ1) is 17.1. The molecular formula is C28H26N2O5. The van der Waals surface area contributed by atoms with E-state index in [1.54, 1.807) is 42.5 Å². The van der Waals surface area contributed by atoms with Gasteiger partial charge in [0, 0.05) is 6.08 Å². The van der Waals surface area contributed by atoms with Crippen molar-refractivity contribution in [2.75, 3.05) is 6.61 Å². The third kappa shape index (κ3) is 8.37. The Kier molecular flexibility index (Phi) is 9.46. The highest BCUT2D eigenvalue weighted by atomic mass is 16.5. The largest absolute Gasteiger partial charge is 0.494 e. The molecule has 178 valence electrons. The van der Waals surface area contributed by atoms with Gasteiger partial charge in [-0.3, -0.25) is 4.79 Å². The van der Waals surface area contributed by atoms with Crippen LogP contribution in [0.5, 0.6) is 11.5 Å². The molecule has 1 heterocycles. The number of esters is 1. The summed E-state index contributed by atoms with van der Waals surface area (Å²) >= 11 is 0. The number of ether oxygens (including phenoxy) is 2. The third-order valence-electron chi connectivity index (χ3n) is 4.84. The summed E-state index contributed by atoms with van der Waals surface area (Å²) in [4.78, 5) is 24.4. The molecular weight excluding hydrogens is 444 g/mol. The minimum absolute atomic E-state index is 0.0500. The highest BCUT2D eigenvalue weighted by molar-refractivity contribution is 6.01. The molecule has 35 heavy (non-hydrogen) atoms. The van der Waals surface area contributed by atoms with Gasteiger partial charge in [0.2, 0.25) is 0 Å². The molecule has 0 unspecified atom stereocenters. The SMILES string of the molecule is CCCCOc1ccc(/C=C/C(=O)Oc2ccc(/C=C(\C#N)C(=O)NCc3ccco3)cc2)cc1. The Morgan fingerprint density at radius 1 is 1.03 bits per heavy atom. The maximum atomic E-state index is 12.2. The second-order valence-electron chi connectivity index (χ2n) is 7.53. The van der Waals surface area contributed by atoms with Crippen LogP contribution >= 0.6 is 0 Å². The number of benzene rings is 2. The van der Waals surface area contributed by atoms with Gasteiger partial charge in [-0.15, -0.1) is 0 Å². The number of nitrogens with zero attached hydrogens (tertiary/aromatic N) is 1. The summed E-state index contributed by atoms with van der Waals surface area (Å²) in [6.45, 7) is 2.98. The van der Waals surface area contributed by atoms with Gasteiger partial charge in [-0.2, -0.15) is 5.26 Å². The zero-order chi connectivity index (χ0) is 24.9. The Labute approximate surface area is 204 Å². The van der Waals surface area contributed by atoms with Crippen LogP contribution in [0.1, 0.15) is 36.7 Å². The van der Waals surface area contributed by atoms with Crippen molar-refractivity contribution in [3.05, 3.63) is 95.5 Å². The monoisotopic (exact) mass is 470 g/mol. The minimum atomic E-state index is -0.522. The molecule has 2 aromatic carbocycles. The Morgan fingerprint density at radius 3 is 2.40 bits per heavy atom. The fourth-order valence-electron chi connectivity index (χ4n) is 2.95. The Hall–Kier alpha value is -4.57. The number of hydrogen-bond donors (Lipinski definition) is 1. The molecule has 1 amide bonds. The van der Waals surface area contributed by atoms with Crippen LogP contribution in [0.3, 0.4) is 0 Å². The molecule has 1 aromatic heterocycles. The second-order valence-corrected chi connectivity index (χ2v) is 7.53. The summed E-state index contributed by atoms with van der Waals surface area (Å²) in [5.41, 5.74) is 1.41. The van der Waals surface area contributed by atoms with Crippen molar-refractivity contribution in [2.24, 2.45) is 0 Å². The van der Waals surface area contributed by atoms with E-state index in [-0.39, 0.29) is 12.1 Å². The van der Waals surface area contributed by atoms with E-state index in [1.165, 1.54) is 18.4 Å². The number of hydrogen-bond acceptors (Lipinski definition) is 6. The first-order valence-electron chi connectivity index (χ1n) is 11.2. The maximum absolute atomic E-state index is 12.2. The average Bonchev–Trinajstić information content (AvgIpc) is 3.40. The lowest BCUT2D eigenvalue weighted by atomic mass is 10.1. The van der Waals surface area contributed by atoms with E-state index in [9.17, 15) is 14.9 Å². The van der Waals surface area contributed by atoms with Crippen LogP contribution in [0.2, 0.25) is 0 Å². The van der Waals surface area contributed by atoms with Gasteiger partial charge in [-0.1, -0.05) is 37.6 Å². The summed E-state index contributed by atoms with van der Waals surface area (Å²) in [5.74, 6) is 0.695. The first kappa shape index (κ1) is 25.1. The van der Waals surface area contributed by atoms with E-state index in [1.807, 2.05) is 30.3 Å². The third-order valence-corrected chi connectivity index (χ3v) is 4.84. The van der Waals surface area contributed by atoms with Crippen molar-refractivity contribution >= 4 is 24.0 Å². The van der Waals surface area contributed by atoms with Gasteiger partial charge in [-0.25, -0.2) is 4.79 Å². The van der Waals surface area contributed by atoms with Gasteiger partial charge in [-0.05, 0) is 66.1 Å². The maximum Gasteiger partial charge on any atom is 0.336 e. The fraction of sp³-hybridized carbons (Fsp3) is 0.179. The number of unbranched alkanes of at least 4 members (excludes halogenated alkanes) is 1. The van der Waals surface area contributed by atoms with Gasteiger partial charge >= 0.3 is 5.97 Å². The zero-order valence-electron chi connectivity index (χ0n) is 19.4. The fourth-order valence-corrected chi connectivity index (χ4v) is 2.95. The molecule has 0 saturated heterocycles. The summed E-state index contributed by atoms with van der Waals surface area (Å²) in [7, 11) is 0. The molecule has 7 nitrogen and oxygen atoms in total. The summed E-state index contributed by atoms with van der Waals surface area (Å²) in [6, 6.07) is 19.3. The molecule has 0 radical (unpaired) electrons. The predicted molar refractivity (Wildman–Crippen MR) is 132 cm³/mol. The van der Waals surface area contributed by atoms with Crippen LogP contribution < -0.4 is 14.8 Å². The van der Waals surface area contributed by atoms with Gasteiger partial charge in [0.1, 0.15) is 28.9 Å². The highest BCUT2D eigenvalue weighted by Gasteiger charge is 2.10. The molecule has 7 heteroatoms. The van der Waals surface area contributed by atoms with E-state index < -0.39 is 11.9 Å². The van der Waals surface area contributed by atoms with Crippen molar-refractivity contribution in [3.8, 4) is 17.6 Å². The van der Waals surface area contributed by atoms with Crippen LogP contribution in [-0.2, 0) is 16.1 Å². The number of furan rings is 1. The number of carbonyl (C=O) groups excluding carboxylic acids is 2. The van der Waals surface area contributed by atoms with Crippen LogP contribution in [-0.4, -0.2) is 18.5 Å². The normalized spacial score (nSPS) is 11.1. The topological polar surface area (TPSA) is 102 Å². The summed E-state index contributed by atoms with van der Waals surface area (Å²) in [6.07, 6.45) is 8.06. The molecule has 0 aliphatic rings. The molecule has 0 bridgehead atoms. The lowest BCUT2D eigenvalue weighted by molar-refractivity contribution is -0.128. The lowest BCUT2D eigenvalue weighted by Gasteiger charge is -2.05. The average molecular weight is 471 g/mol. The van der Waals surface area contributed by atoms with Crippen LogP contribution in [0.4, 0.5) is 0 Å². The highest BCUT2D eigenvalue weighted by Crippen LogP contribution is 2.16. The summed E-state index contributed by atoms with van der Waals surface area (Å²) in [5, 5.41) is 11.9. The Bertz CT molecular complexity index is 1200. The smallest absolute Gasteiger partial charge is 0.336 e. The van der Waals surface area contributed by atoms with Gasteiger partial charge in [0.15, 0.2) is 0 Å². The number of amides is 1. The number of nitrogens with one attached hydrogen (secondary N) is 1. The van der Waals surface area contributed by atoms with Gasteiger partial charge in [0.25, 0.3) is 5.91 Å². The minimum Gasteiger partial charge on any atom is -0.494 e. The van der Waals surface area contributed by atoms with Crippen molar-refractivity contribution in [1.82, 2.24) is 5.32 Å². The number of nitriles is 1. The molecule has 0 fully saturated rings. The molecule has 1 N–H and O–H groups in total. The van der Waals surface area contributed by atoms with Crippen molar-refractivity contribution in [2.45, 2.75) is 26.3 Å². The van der Waals surface area contributed by atoms with Crippen molar-refractivity contribution in [1.29, 1.82) is 5.26 Å². The van der Waals surface area contributed by atoms with Gasteiger partial charge in [0.05, 0.1) is 19.4 Å². The molecule has 0 saturated carbocycles. The number of carbonyl (C=O) groups is 2. The predicted octanol–water partition coefficient (Wildman–Crippen LogP) is 5.30. The zero-order valence-corrected chi connectivity index (χ0v) is 19.4. The van der Waals surface area contributed by atoms with E-state index >= 15 is 0 Å².